The standard InChI is InChI=1S/C41H52O8/c1-7-33(42)25-46-36-16-8-29(9-17-36)40(2,3)31-12-20-38(21-13-31)48-27-35(44)28-49-39-22-14-32(15-23-39)41(4,5)30-10-18-37(19-11-30)47-26-34(43)24-45-6/h8-23,33-35,42-44H,7,24-28H2,1-6H3. The van der Waals surface area contributed by atoms with E-state index < -0.39 is 18.3 Å². The summed E-state index contributed by atoms with van der Waals surface area (Å²) in [4.78, 5) is 0. The maximum atomic E-state index is 10.6. The van der Waals surface area contributed by atoms with E-state index in [9.17, 15) is 15.3 Å². The molecule has 8 nitrogen and oxygen atoms in total. The molecule has 0 bridgehead atoms. The van der Waals surface area contributed by atoms with Gasteiger partial charge in [0.15, 0.2) is 0 Å². The zero-order valence-electron chi connectivity index (χ0n) is 29.6. The Labute approximate surface area is 291 Å². The van der Waals surface area contributed by atoms with E-state index in [0.717, 1.165) is 28.0 Å². The predicted molar refractivity (Wildman–Crippen MR) is 192 cm³/mol. The van der Waals surface area contributed by atoms with Crippen LogP contribution in [0.3, 0.4) is 0 Å². The molecule has 0 aliphatic heterocycles. The Bertz CT molecular complexity index is 1530. The fourth-order valence-electron chi connectivity index (χ4n) is 5.38. The van der Waals surface area contributed by atoms with Gasteiger partial charge in [0, 0.05) is 17.9 Å². The van der Waals surface area contributed by atoms with Crippen molar-refractivity contribution in [1.82, 2.24) is 0 Å². The molecule has 0 saturated heterocycles. The molecule has 49 heavy (non-hydrogen) atoms. The molecule has 0 aliphatic carbocycles. The second-order valence-corrected chi connectivity index (χ2v) is 13.4. The minimum Gasteiger partial charge on any atom is -0.491 e. The molecule has 3 atom stereocenters. The third-order valence-corrected chi connectivity index (χ3v) is 8.90. The van der Waals surface area contributed by atoms with E-state index in [0.29, 0.717) is 23.7 Å². The highest BCUT2D eigenvalue weighted by Gasteiger charge is 2.24. The van der Waals surface area contributed by atoms with Crippen LogP contribution in [0.1, 0.15) is 63.3 Å². The van der Waals surface area contributed by atoms with Crippen molar-refractivity contribution in [2.45, 2.75) is 70.2 Å². The highest BCUT2D eigenvalue weighted by molar-refractivity contribution is 5.43. The lowest BCUT2D eigenvalue weighted by atomic mass is 9.78. The molecule has 264 valence electrons. The average molecular weight is 673 g/mol. The van der Waals surface area contributed by atoms with Crippen LogP contribution in [0.25, 0.3) is 0 Å². The van der Waals surface area contributed by atoms with E-state index in [2.05, 4.69) is 39.8 Å². The average Bonchev–Trinajstić information content (AvgIpc) is 3.12. The normalized spacial score (nSPS) is 13.7. The van der Waals surface area contributed by atoms with Crippen molar-refractivity contribution in [2.24, 2.45) is 0 Å². The third-order valence-electron chi connectivity index (χ3n) is 8.90. The van der Waals surface area contributed by atoms with Crippen LogP contribution in [0.5, 0.6) is 23.0 Å². The molecule has 0 fully saturated rings. The van der Waals surface area contributed by atoms with Crippen molar-refractivity contribution < 1.29 is 39.0 Å². The molecule has 3 unspecified atom stereocenters. The van der Waals surface area contributed by atoms with Gasteiger partial charge in [-0.25, -0.2) is 0 Å². The van der Waals surface area contributed by atoms with Gasteiger partial charge in [-0.3, -0.25) is 0 Å². The molecule has 0 aromatic heterocycles. The number of benzene rings is 4. The third kappa shape index (κ3) is 10.7. The van der Waals surface area contributed by atoms with Gasteiger partial charge >= 0.3 is 0 Å². The van der Waals surface area contributed by atoms with Crippen molar-refractivity contribution in [2.75, 3.05) is 40.1 Å². The second kappa shape index (κ2) is 17.5. The van der Waals surface area contributed by atoms with Crippen LogP contribution in [0.15, 0.2) is 97.1 Å². The zero-order chi connectivity index (χ0) is 35.4. The topological polar surface area (TPSA) is 107 Å². The Morgan fingerprint density at radius 3 is 0.918 bits per heavy atom. The first-order valence-corrected chi connectivity index (χ1v) is 16.9. The van der Waals surface area contributed by atoms with Crippen molar-refractivity contribution in [3.05, 3.63) is 119 Å². The Hall–Kier alpha value is -4.08. The quantitative estimate of drug-likeness (QED) is 0.101. The summed E-state index contributed by atoms with van der Waals surface area (Å²) < 4.78 is 28.0. The highest BCUT2D eigenvalue weighted by atomic mass is 16.5. The molecular weight excluding hydrogens is 620 g/mol. The van der Waals surface area contributed by atoms with Crippen molar-refractivity contribution in [3.8, 4) is 23.0 Å². The highest BCUT2D eigenvalue weighted by Crippen LogP contribution is 2.35. The summed E-state index contributed by atoms with van der Waals surface area (Å²) >= 11 is 0. The molecule has 4 aromatic rings. The molecule has 0 radical (unpaired) electrons. The molecule has 4 rings (SSSR count). The van der Waals surface area contributed by atoms with Gasteiger partial charge in [0.25, 0.3) is 0 Å². The molecule has 0 saturated carbocycles. The maximum Gasteiger partial charge on any atom is 0.122 e. The van der Waals surface area contributed by atoms with Gasteiger partial charge in [0.2, 0.25) is 0 Å². The minimum atomic E-state index is -0.803. The van der Waals surface area contributed by atoms with E-state index >= 15 is 0 Å². The lowest BCUT2D eigenvalue weighted by Crippen LogP contribution is -2.25. The van der Waals surface area contributed by atoms with Gasteiger partial charge in [-0.1, -0.05) is 83.1 Å². The first-order valence-electron chi connectivity index (χ1n) is 16.9. The summed E-state index contributed by atoms with van der Waals surface area (Å²) in [7, 11) is 1.54. The first kappa shape index (κ1) is 37.7. The monoisotopic (exact) mass is 672 g/mol. The first-order chi connectivity index (χ1) is 23.4. The van der Waals surface area contributed by atoms with Crippen LogP contribution in [-0.4, -0.2) is 73.8 Å². The van der Waals surface area contributed by atoms with Gasteiger partial charge in [-0.15, -0.1) is 0 Å². The lowest BCUT2D eigenvalue weighted by molar-refractivity contribution is 0.0325. The summed E-state index contributed by atoms with van der Waals surface area (Å²) in [6.07, 6.45) is -1.28. The van der Waals surface area contributed by atoms with Crippen LogP contribution >= 0.6 is 0 Å². The van der Waals surface area contributed by atoms with E-state index in [1.165, 1.54) is 0 Å². The summed E-state index contributed by atoms with van der Waals surface area (Å²) in [5.74, 6) is 2.77. The predicted octanol–water partition coefficient (Wildman–Crippen LogP) is 6.69. The SMILES string of the molecule is CCC(O)COc1ccc(C(C)(C)c2ccc(OCC(O)COc3ccc(C(C)(C)c4ccc(OCC(O)COC)cc4)cc3)cc2)cc1. The van der Waals surface area contributed by atoms with Crippen molar-refractivity contribution >= 4 is 0 Å². The van der Waals surface area contributed by atoms with Gasteiger partial charge in [0.1, 0.15) is 61.6 Å². The van der Waals surface area contributed by atoms with Crippen LogP contribution in [0, 0.1) is 0 Å². The number of methoxy groups -OCH3 is 1. The minimum absolute atomic E-state index is 0.103. The molecular formula is C41H52O8. The van der Waals surface area contributed by atoms with Crippen molar-refractivity contribution in [1.29, 1.82) is 0 Å². The van der Waals surface area contributed by atoms with Gasteiger partial charge in [0.05, 0.1) is 12.7 Å². The molecule has 0 aliphatic rings. The van der Waals surface area contributed by atoms with Crippen molar-refractivity contribution in [3.63, 3.8) is 0 Å². The smallest absolute Gasteiger partial charge is 0.122 e. The largest absolute Gasteiger partial charge is 0.491 e. The number of rotatable bonds is 19. The number of ether oxygens (including phenoxy) is 5. The fourth-order valence-corrected chi connectivity index (χ4v) is 5.38. The Balaban J connectivity index is 1.23. The molecule has 0 heterocycles. The fraction of sp³-hybridized carbons (Fsp3) is 0.415. The zero-order valence-corrected chi connectivity index (χ0v) is 29.6. The Morgan fingerprint density at radius 1 is 0.429 bits per heavy atom. The lowest BCUT2D eigenvalue weighted by Gasteiger charge is -2.27. The number of aliphatic hydroxyl groups is 3. The second-order valence-electron chi connectivity index (χ2n) is 13.4. The molecule has 8 heteroatoms. The van der Waals surface area contributed by atoms with Crippen LogP contribution in [0.4, 0.5) is 0 Å². The van der Waals surface area contributed by atoms with E-state index in [1.807, 2.05) is 91.9 Å². The van der Waals surface area contributed by atoms with Gasteiger partial charge in [-0.2, -0.15) is 0 Å². The van der Waals surface area contributed by atoms with Crippen LogP contribution in [0.2, 0.25) is 0 Å². The number of aliphatic hydroxyl groups excluding tert-OH is 3. The van der Waals surface area contributed by atoms with E-state index in [4.69, 9.17) is 23.7 Å². The number of hydrogen-bond donors (Lipinski definition) is 3. The Kier molecular flexibility index (Phi) is 13.5. The summed E-state index contributed by atoms with van der Waals surface area (Å²) in [6, 6.07) is 31.7. The van der Waals surface area contributed by atoms with Crippen LogP contribution in [-0.2, 0) is 15.6 Å². The summed E-state index contributed by atoms with van der Waals surface area (Å²) in [5.41, 5.74) is 4.01. The molecule has 4 aromatic carbocycles. The number of hydrogen-bond acceptors (Lipinski definition) is 8. The van der Waals surface area contributed by atoms with E-state index in [-0.39, 0.29) is 43.9 Å². The molecule has 0 spiro atoms. The Morgan fingerprint density at radius 2 is 0.673 bits per heavy atom. The summed E-state index contributed by atoms with van der Waals surface area (Å²) in [5, 5.41) is 30.1. The van der Waals surface area contributed by atoms with Crippen LogP contribution < -0.4 is 18.9 Å². The maximum absolute atomic E-state index is 10.6. The van der Waals surface area contributed by atoms with Gasteiger partial charge < -0.3 is 39.0 Å². The molecule has 3 N–H and O–H groups in total. The van der Waals surface area contributed by atoms with E-state index in [1.54, 1.807) is 7.11 Å². The van der Waals surface area contributed by atoms with Gasteiger partial charge in [-0.05, 0) is 77.2 Å². The molecule has 0 amide bonds. The summed E-state index contributed by atoms with van der Waals surface area (Å²) in [6.45, 7) is 11.5.